The maximum absolute atomic E-state index is 12.2. The number of carbonyl (C=O) groups excluding carboxylic acids is 1. The normalized spacial score (nSPS) is 11.2. The summed E-state index contributed by atoms with van der Waals surface area (Å²) in [6, 6.07) is 15.3. The van der Waals surface area contributed by atoms with E-state index in [0.29, 0.717) is 17.1 Å². The van der Waals surface area contributed by atoms with Crippen molar-refractivity contribution in [3.05, 3.63) is 70.2 Å². The van der Waals surface area contributed by atoms with Gasteiger partial charge in [-0.05, 0) is 36.8 Å². The molecule has 0 atom stereocenters. The van der Waals surface area contributed by atoms with Gasteiger partial charge < -0.3 is 5.32 Å². The first kappa shape index (κ1) is 15.6. The van der Waals surface area contributed by atoms with Crippen molar-refractivity contribution >= 4 is 17.5 Å². The predicted octanol–water partition coefficient (Wildman–Crippen LogP) is 4.36. The number of hydrogen-bond donors (Lipinski definition) is 1. The molecule has 0 saturated heterocycles. The van der Waals surface area contributed by atoms with E-state index in [0.717, 1.165) is 11.1 Å². The fraction of sp³-hybridized carbons (Fsp3) is 0.278. The molecule has 0 spiro atoms. The van der Waals surface area contributed by atoms with Gasteiger partial charge in [0.05, 0.1) is 0 Å². The van der Waals surface area contributed by atoms with Crippen molar-refractivity contribution in [1.82, 2.24) is 5.32 Å². The highest BCUT2D eigenvalue weighted by Crippen LogP contribution is 2.24. The molecule has 21 heavy (non-hydrogen) atoms. The van der Waals surface area contributed by atoms with Crippen molar-refractivity contribution in [2.45, 2.75) is 26.2 Å². The van der Waals surface area contributed by atoms with Crippen LogP contribution in [0.15, 0.2) is 48.5 Å². The van der Waals surface area contributed by atoms with Crippen LogP contribution in [0.4, 0.5) is 0 Å². The summed E-state index contributed by atoms with van der Waals surface area (Å²) in [5, 5.41) is 3.71. The Kier molecular flexibility index (Phi) is 4.69. The van der Waals surface area contributed by atoms with Gasteiger partial charge in [0.25, 0.3) is 5.91 Å². The van der Waals surface area contributed by atoms with E-state index in [1.54, 1.807) is 0 Å². The molecule has 2 aromatic carbocycles. The average molecular weight is 302 g/mol. The van der Waals surface area contributed by atoms with Crippen LogP contribution >= 0.6 is 11.6 Å². The molecule has 1 N–H and O–H groups in total. The summed E-state index contributed by atoms with van der Waals surface area (Å²) in [6.07, 6.45) is 0. The molecule has 2 rings (SSSR count). The Labute approximate surface area is 131 Å². The summed E-state index contributed by atoms with van der Waals surface area (Å²) in [4.78, 5) is 12.2. The molecule has 0 radical (unpaired) electrons. The van der Waals surface area contributed by atoms with E-state index in [9.17, 15) is 4.79 Å². The van der Waals surface area contributed by atoms with Crippen molar-refractivity contribution in [2.24, 2.45) is 0 Å². The van der Waals surface area contributed by atoms with Crippen molar-refractivity contribution in [2.75, 3.05) is 6.54 Å². The summed E-state index contributed by atoms with van der Waals surface area (Å²) in [5.41, 5.74) is 2.76. The van der Waals surface area contributed by atoms with Crippen molar-refractivity contribution in [3.8, 4) is 0 Å². The van der Waals surface area contributed by atoms with Crippen LogP contribution in [-0.4, -0.2) is 12.5 Å². The summed E-state index contributed by atoms with van der Waals surface area (Å²) in [5.74, 6) is -0.0508. The molecule has 110 valence electrons. The van der Waals surface area contributed by atoms with Gasteiger partial charge >= 0.3 is 0 Å². The summed E-state index contributed by atoms with van der Waals surface area (Å²) >= 11 is 6.04. The first-order valence-electron chi connectivity index (χ1n) is 6.99. The van der Waals surface area contributed by atoms with Gasteiger partial charge in [-0.25, -0.2) is 0 Å². The highest BCUT2D eigenvalue weighted by molar-refractivity contribution is 6.30. The predicted molar refractivity (Wildman–Crippen MR) is 88.0 cm³/mol. The number of carbonyl (C=O) groups is 1. The van der Waals surface area contributed by atoms with Crippen molar-refractivity contribution in [1.29, 1.82) is 0 Å². The molecule has 0 heterocycles. The number of benzene rings is 2. The molecule has 0 fully saturated rings. The van der Waals surface area contributed by atoms with E-state index in [1.165, 1.54) is 0 Å². The minimum absolute atomic E-state index is 0.0508. The van der Waals surface area contributed by atoms with Crippen LogP contribution in [0, 0.1) is 6.92 Å². The Morgan fingerprint density at radius 3 is 2.43 bits per heavy atom. The van der Waals surface area contributed by atoms with Crippen LogP contribution < -0.4 is 5.32 Å². The fourth-order valence-electron chi connectivity index (χ4n) is 2.12. The number of rotatable bonds is 4. The Morgan fingerprint density at radius 1 is 1.14 bits per heavy atom. The third-order valence-electron chi connectivity index (χ3n) is 3.61. The lowest BCUT2D eigenvalue weighted by Gasteiger charge is -2.26. The summed E-state index contributed by atoms with van der Waals surface area (Å²) < 4.78 is 0. The maximum Gasteiger partial charge on any atom is 0.251 e. The standard InChI is InChI=1S/C18H20ClNO/c1-13-7-9-14(10-8-13)17(21)20-12-18(2,3)15-5-4-6-16(19)11-15/h4-11H,12H2,1-3H3,(H,20,21). The first-order valence-corrected chi connectivity index (χ1v) is 7.37. The second kappa shape index (κ2) is 6.31. The lowest BCUT2D eigenvalue weighted by molar-refractivity contribution is 0.0945. The van der Waals surface area contributed by atoms with Gasteiger partial charge in [0.15, 0.2) is 0 Å². The zero-order valence-electron chi connectivity index (χ0n) is 12.6. The van der Waals surface area contributed by atoms with E-state index in [1.807, 2.05) is 55.5 Å². The third kappa shape index (κ3) is 4.08. The Morgan fingerprint density at radius 2 is 1.81 bits per heavy atom. The molecule has 1 amide bonds. The van der Waals surface area contributed by atoms with Crippen LogP contribution in [-0.2, 0) is 5.41 Å². The van der Waals surface area contributed by atoms with E-state index >= 15 is 0 Å². The van der Waals surface area contributed by atoms with Crippen molar-refractivity contribution in [3.63, 3.8) is 0 Å². The zero-order chi connectivity index (χ0) is 15.5. The smallest absolute Gasteiger partial charge is 0.251 e. The second-order valence-electron chi connectivity index (χ2n) is 5.94. The molecule has 0 aliphatic carbocycles. The van der Waals surface area contributed by atoms with E-state index in [4.69, 9.17) is 11.6 Å². The molecular weight excluding hydrogens is 282 g/mol. The maximum atomic E-state index is 12.2. The van der Waals surface area contributed by atoms with Gasteiger partial charge in [-0.3, -0.25) is 4.79 Å². The second-order valence-corrected chi connectivity index (χ2v) is 6.38. The molecular formula is C18H20ClNO. The average Bonchev–Trinajstić information content (AvgIpc) is 2.45. The molecule has 2 aromatic rings. The van der Waals surface area contributed by atoms with Crippen LogP contribution in [0.1, 0.15) is 35.3 Å². The minimum atomic E-state index is -0.175. The monoisotopic (exact) mass is 301 g/mol. The van der Waals surface area contributed by atoms with E-state index in [-0.39, 0.29) is 11.3 Å². The lowest BCUT2D eigenvalue weighted by atomic mass is 9.84. The molecule has 0 unspecified atom stereocenters. The Bertz CT molecular complexity index is 632. The molecule has 0 aromatic heterocycles. The topological polar surface area (TPSA) is 29.1 Å². The van der Waals surface area contributed by atoms with Gasteiger partial charge in [-0.1, -0.05) is 55.3 Å². The number of halogens is 1. The van der Waals surface area contributed by atoms with Gasteiger partial charge in [-0.15, -0.1) is 0 Å². The van der Waals surface area contributed by atoms with Crippen LogP contribution in [0.5, 0.6) is 0 Å². The summed E-state index contributed by atoms with van der Waals surface area (Å²) in [7, 11) is 0. The molecule has 0 saturated carbocycles. The minimum Gasteiger partial charge on any atom is -0.351 e. The zero-order valence-corrected chi connectivity index (χ0v) is 13.4. The van der Waals surface area contributed by atoms with Gasteiger partial charge in [0.2, 0.25) is 0 Å². The largest absolute Gasteiger partial charge is 0.351 e. The number of aryl methyl sites for hydroxylation is 1. The number of amides is 1. The van der Waals surface area contributed by atoms with E-state index < -0.39 is 0 Å². The third-order valence-corrected chi connectivity index (χ3v) is 3.85. The van der Waals surface area contributed by atoms with Crippen LogP contribution in [0.3, 0.4) is 0 Å². The molecule has 0 aliphatic heterocycles. The molecule has 0 bridgehead atoms. The quantitative estimate of drug-likeness (QED) is 0.893. The van der Waals surface area contributed by atoms with Crippen LogP contribution in [0.25, 0.3) is 0 Å². The van der Waals surface area contributed by atoms with Gasteiger partial charge in [0.1, 0.15) is 0 Å². The molecule has 0 aliphatic rings. The number of hydrogen-bond acceptors (Lipinski definition) is 1. The highest BCUT2D eigenvalue weighted by Gasteiger charge is 2.21. The van der Waals surface area contributed by atoms with Crippen LogP contribution in [0.2, 0.25) is 5.02 Å². The van der Waals surface area contributed by atoms with Gasteiger partial charge in [0, 0.05) is 22.5 Å². The summed E-state index contributed by atoms with van der Waals surface area (Å²) in [6.45, 7) is 6.74. The van der Waals surface area contributed by atoms with E-state index in [2.05, 4.69) is 19.2 Å². The SMILES string of the molecule is Cc1ccc(C(=O)NCC(C)(C)c2cccc(Cl)c2)cc1. The lowest BCUT2D eigenvalue weighted by Crippen LogP contribution is -2.36. The Hall–Kier alpha value is -1.80. The highest BCUT2D eigenvalue weighted by atomic mass is 35.5. The first-order chi connectivity index (χ1) is 9.88. The molecule has 3 heteroatoms. The number of nitrogens with one attached hydrogen (secondary N) is 1. The van der Waals surface area contributed by atoms with Gasteiger partial charge in [-0.2, -0.15) is 0 Å². The Balaban J connectivity index is 2.04. The van der Waals surface area contributed by atoms with Crippen molar-refractivity contribution < 1.29 is 4.79 Å². The fourth-order valence-corrected chi connectivity index (χ4v) is 2.31. The molecule has 2 nitrogen and oxygen atoms in total.